The molecule has 1 rings (SSSR count). The van der Waals surface area contributed by atoms with Gasteiger partial charge in [0, 0.05) is 12.2 Å². The highest BCUT2D eigenvalue weighted by molar-refractivity contribution is 6.39. The van der Waals surface area contributed by atoms with Crippen molar-refractivity contribution in [2.75, 3.05) is 11.9 Å². The smallest absolute Gasteiger partial charge is 0.313 e. The Morgan fingerprint density at radius 1 is 1.10 bits per heavy atom. The molecule has 0 heterocycles. The Hall–Kier alpha value is -2.37. The van der Waals surface area contributed by atoms with Gasteiger partial charge in [-0.3, -0.25) is 14.4 Å². The molecule has 1 aromatic rings. The molecule has 0 bridgehead atoms. The van der Waals surface area contributed by atoms with Crippen LogP contribution in [0.2, 0.25) is 0 Å². The summed E-state index contributed by atoms with van der Waals surface area (Å²) in [5, 5.41) is 5.01. The number of hydrogen-bond donors (Lipinski definition) is 3. The van der Waals surface area contributed by atoms with Crippen LogP contribution in [0.3, 0.4) is 0 Å². The summed E-state index contributed by atoms with van der Waals surface area (Å²) in [6.45, 7) is 4.33. The van der Waals surface area contributed by atoms with Gasteiger partial charge in [0.1, 0.15) is 0 Å². The van der Waals surface area contributed by atoms with Gasteiger partial charge in [-0.05, 0) is 23.6 Å². The zero-order chi connectivity index (χ0) is 15.1. The Morgan fingerprint density at radius 3 is 2.20 bits per heavy atom. The molecule has 0 unspecified atom stereocenters. The van der Waals surface area contributed by atoms with E-state index in [-0.39, 0.29) is 12.3 Å². The minimum atomic E-state index is -0.715. The van der Waals surface area contributed by atoms with Gasteiger partial charge in [0.05, 0.1) is 6.42 Å². The first-order valence-corrected chi connectivity index (χ1v) is 6.35. The first-order valence-electron chi connectivity index (χ1n) is 6.35. The SMILES string of the molecule is CC(C)CNC(=O)C(=O)Nc1ccc(CC(N)=O)cc1. The fourth-order valence-electron chi connectivity index (χ4n) is 1.47. The number of rotatable bonds is 5. The quantitative estimate of drug-likeness (QED) is 0.680. The van der Waals surface area contributed by atoms with Crippen LogP contribution in [0.25, 0.3) is 0 Å². The highest BCUT2D eigenvalue weighted by Gasteiger charge is 2.13. The summed E-state index contributed by atoms with van der Waals surface area (Å²) in [5.74, 6) is -1.53. The van der Waals surface area contributed by atoms with Gasteiger partial charge in [-0.2, -0.15) is 0 Å². The minimum Gasteiger partial charge on any atom is -0.369 e. The van der Waals surface area contributed by atoms with Crippen molar-refractivity contribution in [3.63, 3.8) is 0 Å². The Balaban J connectivity index is 2.53. The molecule has 0 spiro atoms. The lowest BCUT2D eigenvalue weighted by Gasteiger charge is -2.08. The second kappa shape index (κ2) is 7.28. The highest BCUT2D eigenvalue weighted by Crippen LogP contribution is 2.09. The number of amides is 3. The molecule has 0 saturated heterocycles. The van der Waals surface area contributed by atoms with Crippen LogP contribution >= 0.6 is 0 Å². The van der Waals surface area contributed by atoms with Gasteiger partial charge in [-0.1, -0.05) is 26.0 Å². The molecule has 6 nitrogen and oxygen atoms in total. The first kappa shape index (κ1) is 15.7. The average molecular weight is 277 g/mol. The van der Waals surface area contributed by atoms with E-state index >= 15 is 0 Å². The number of anilines is 1. The number of benzene rings is 1. The van der Waals surface area contributed by atoms with E-state index < -0.39 is 17.7 Å². The van der Waals surface area contributed by atoms with E-state index in [0.29, 0.717) is 12.2 Å². The third kappa shape index (κ3) is 5.51. The predicted octanol–water partition coefficient (Wildman–Crippen LogP) is 0.425. The van der Waals surface area contributed by atoms with E-state index in [1.54, 1.807) is 24.3 Å². The lowest BCUT2D eigenvalue weighted by molar-refractivity contribution is -0.136. The Morgan fingerprint density at radius 2 is 1.70 bits per heavy atom. The molecular formula is C14H19N3O3. The molecule has 0 saturated carbocycles. The lowest BCUT2D eigenvalue weighted by Crippen LogP contribution is -2.37. The fourth-order valence-corrected chi connectivity index (χ4v) is 1.47. The van der Waals surface area contributed by atoms with E-state index in [9.17, 15) is 14.4 Å². The summed E-state index contributed by atoms with van der Waals surface area (Å²) in [6, 6.07) is 6.58. The van der Waals surface area contributed by atoms with Crippen molar-refractivity contribution >= 4 is 23.4 Å². The number of nitrogens with two attached hydrogens (primary N) is 1. The van der Waals surface area contributed by atoms with E-state index in [1.807, 2.05) is 13.8 Å². The summed E-state index contributed by atoms with van der Waals surface area (Å²) in [6.07, 6.45) is 0.142. The molecule has 0 aliphatic carbocycles. The molecule has 6 heteroatoms. The van der Waals surface area contributed by atoms with Gasteiger partial charge in [0.2, 0.25) is 5.91 Å². The largest absolute Gasteiger partial charge is 0.369 e. The molecule has 108 valence electrons. The van der Waals surface area contributed by atoms with Crippen molar-refractivity contribution in [2.45, 2.75) is 20.3 Å². The summed E-state index contributed by atoms with van der Waals surface area (Å²) >= 11 is 0. The van der Waals surface area contributed by atoms with Crippen molar-refractivity contribution in [3.8, 4) is 0 Å². The molecule has 4 N–H and O–H groups in total. The molecule has 3 amide bonds. The summed E-state index contributed by atoms with van der Waals surface area (Å²) in [7, 11) is 0. The number of carbonyl (C=O) groups is 3. The number of primary amides is 1. The van der Waals surface area contributed by atoms with Crippen LogP contribution in [0, 0.1) is 5.92 Å². The zero-order valence-electron chi connectivity index (χ0n) is 11.6. The number of nitrogens with one attached hydrogen (secondary N) is 2. The molecule has 0 aliphatic rings. The topological polar surface area (TPSA) is 101 Å². The second-order valence-electron chi connectivity index (χ2n) is 4.90. The van der Waals surface area contributed by atoms with Crippen LogP contribution in [0.4, 0.5) is 5.69 Å². The molecule has 0 fully saturated rings. The predicted molar refractivity (Wildman–Crippen MR) is 75.8 cm³/mol. The first-order chi connectivity index (χ1) is 9.38. The maximum Gasteiger partial charge on any atom is 0.313 e. The Kier molecular flexibility index (Phi) is 5.71. The maximum atomic E-state index is 11.6. The maximum absolute atomic E-state index is 11.6. The molecule has 20 heavy (non-hydrogen) atoms. The zero-order valence-corrected chi connectivity index (χ0v) is 11.6. The van der Waals surface area contributed by atoms with Crippen LogP contribution in [0.15, 0.2) is 24.3 Å². The average Bonchev–Trinajstić information content (AvgIpc) is 2.37. The van der Waals surface area contributed by atoms with Gasteiger partial charge in [-0.15, -0.1) is 0 Å². The summed E-state index contributed by atoms with van der Waals surface area (Å²) < 4.78 is 0. The molecule has 0 atom stereocenters. The number of hydrogen-bond acceptors (Lipinski definition) is 3. The van der Waals surface area contributed by atoms with Crippen molar-refractivity contribution < 1.29 is 14.4 Å². The third-order valence-corrected chi connectivity index (χ3v) is 2.47. The second-order valence-corrected chi connectivity index (χ2v) is 4.90. The fraction of sp³-hybridized carbons (Fsp3) is 0.357. The molecule has 0 aliphatic heterocycles. The number of carbonyl (C=O) groups excluding carboxylic acids is 3. The van der Waals surface area contributed by atoms with Crippen LogP contribution < -0.4 is 16.4 Å². The minimum absolute atomic E-state index is 0.142. The van der Waals surface area contributed by atoms with Gasteiger partial charge < -0.3 is 16.4 Å². The van der Waals surface area contributed by atoms with Gasteiger partial charge >= 0.3 is 11.8 Å². The van der Waals surface area contributed by atoms with Crippen LogP contribution in [-0.2, 0) is 20.8 Å². The standard InChI is InChI=1S/C14H19N3O3/c1-9(2)8-16-13(19)14(20)17-11-5-3-10(4-6-11)7-12(15)18/h3-6,9H,7-8H2,1-2H3,(H2,15,18)(H,16,19)(H,17,20). The lowest BCUT2D eigenvalue weighted by atomic mass is 10.1. The van der Waals surface area contributed by atoms with E-state index in [4.69, 9.17) is 5.73 Å². The van der Waals surface area contributed by atoms with Gasteiger partial charge in [0.15, 0.2) is 0 Å². The van der Waals surface area contributed by atoms with Crippen molar-refractivity contribution in [3.05, 3.63) is 29.8 Å². The highest BCUT2D eigenvalue weighted by atomic mass is 16.2. The third-order valence-electron chi connectivity index (χ3n) is 2.47. The van der Waals surface area contributed by atoms with Crippen LogP contribution in [-0.4, -0.2) is 24.3 Å². The molecule has 1 aromatic carbocycles. The molecule has 0 aromatic heterocycles. The monoisotopic (exact) mass is 277 g/mol. The van der Waals surface area contributed by atoms with E-state index in [0.717, 1.165) is 5.56 Å². The van der Waals surface area contributed by atoms with E-state index in [2.05, 4.69) is 10.6 Å². The van der Waals surface area contributed by atoms with E-state index in [1.165, 1.54) is 0 Å². The normalized spacial score (nSPS) is 10.2. The van der Waals surface area contributed by atoms with Crippen molar-refractivity contribution in [1.29, 1.82) is 0 Å². The molecule has 0 radical (unpaired) electrons. The van der Waals surface area contributed by atoms with Crippen LogP contribution in [0.1, 0.15) is 19.4 Å². The van der Waals surface area contributed by atoms with Gasteiger partial charge in [-0.25, -0.2) is 0 Å². The van der Waals surface area contributed by atoms with Gasteiger partial charge in [0.25, 0.3) is 0 Å². The summed E-state index contributed by atoms with van der Waals surface area (Å²) in [4.78, 5) is 33.8. The Bertz CT molecular complexity index is 495. The van der Waals surface area contributed by atoms with Crippen molar-refractivity contribution in [1.82, 2.24) is 5.32 Å². The summed E-state index contributed by atoms with van der Waals surface area (Å²) in [5.41, 5.74) is 6.32. The molecular weight excluding hydrogens is 258 g/mol. The van der Waals surface area contributed by atoms with Crippen LogP contribution in [0.5, 0.6) is 0 Å². The Labute approximate surface area is 117 Å². The van der Waals surface area contributed by atoms with Crippen molar-refractivity contribution in [2.24, 2.45) is 11.7 Å².